The Labute approximate surface area is 339 Å². The van der Waals surface area contributed by atoms with Crippen LogP contribution in [0.4, 0.5) is 17.1 Å². The maximum atomic E-state index is 13.2. The van der Waals surface area contributed by atoms with Crippen molar-refractivity contribution in [1.29, 1.82) is 0 Å². The second-order valence-corrected chi connectivity index (χ2v) is 18.3. The number of rotatable bonds is 9. The third kappa shape index (κ3) is 7.83. The Hall–Kier alpha value is -5.21. The van der Waals surface area contributed by atoms with Gasteiger partial charge in [-0.3, -0.25) is 9.11 Å². The average molecular weight is 825 g/mol. The summed E-state index contributed by atoms with van der Waals surface area (Å²) in [4.78, 5) is 3.98. The Kier molecular flexibility index (Phi) is 11.0. The molecule has 1 fully saturated rings. The maximum absolute atomic E-state index is 13.2. The Balaban J connectivity index is 1.50. The van der Waals surface area contributed by atoms with E-state index in [-0.39, 0.29) is 33.9 Å². The van der Waals surface area contributed by atoms with Crippen LogP contribution in [0.3, 0.4) is 0 Å². The molecule has 11 nitrogen and oxygen atoms in total. The largest absolute Gasteiger partial charge is 0.496 e. The predicted octanol–water partition coefficient (Wildman–Crippen LogP) is 10.5. The molecule has 0 saturated heterocycles. The second-order valence-electron chi connectivity index (χ2n) is 15.5. The van der Waals surface area contributed by atoms with Crippen molar-refractivity contribution in [2.24, 2.45) is 10.9 Å². The van der Waals surface area contributed by atoms with Crippen LogP contribution in [-0.2, 0) is 20.2 Å². The van der Waals surface area contributed by atoms with E-state index >= 15 is 0 Å². The van der Waals surface area contributed by atoms with Gasteiger partial charge in [-0.2, -0.15) is 16.8 Å². The van der Waals surface area contributed by atoms with Crippen molar-refractivity contribution in [3.05, 3.63) is 105 Å². The second kappa shape index (κ2) is 15.5. The zero-order valence-electron chi connectivity index (χ0n) is 33.8. The Bertz CT molecular complexity index is 2870. The molecule has 4 aromatic rings. The number of nitrogens with one attached hydrogen (secondary N) is 1. The summed E-state index contributed by atoms with van der Waals surface area (Å²) >= 11 is 0. The molecule has 1 aliphatic heterocycles. The Morgan fingerprint density at radius 1 is 0.724 bits per heavy atom. The molecule has 4 aromatic carbocycles. The molecule has 304 valence electrons. The van der Waals surface area contributed by atoms with Crippen LogP contribution in [0.5, 0.6) is 11.5 Å². The van der Waals surface area contributed by atoms with Crippen molar-refractivity contribution < 1.29 is 39.8 Å². The highest BCUT2D eigenvalue weighted by atomic mass is 32.2. The first-order chi connectivity index (χ1) is 27.3. The van der Waals surface area contributed by atoms with Gasteiger partial charge in [-0.1, -0.05) is 37.3 Å². The van der Waals surface area contributed by atoms with E-state index in [1.165, 1.54) is 30.3 Å². The van der Waals surface area contributed by atoms with Crippen LogP contribution in [0.15, 0.2) is 85.9 Å². The van der Waals surface area contributed by atoms with Gasteiger partial charge >= 0.3 is 0 Å². The summed E-state index contributed by atoms with van der Waals surface area (Å²) < 4.78 is 91.9. The first-order valence-corrected chi connectivity index (χ1v) is 22.1. The van der Waals surface area contributed by atoms with E-state index in [4.69, 9.17) is 18.9 Å². The summed E-state index contributed by atoms with van der Waals surface area (Å²) in [7, 11) is -8.05. The van der Waals surface area contributed by atoms with Crippen molar-refractivity contribution >= 4 is 48.3 Å². The van der Waals surface area contributed by atoms with Gasteiger partial charge in [-0.15, -0.1) is 0 Å². The van der Waals surface area contributed by atoms with Crippen LogP contribution in [0.1, 0.15) is 66.0 Å². The van der Waals surface area contributed by atoms with Crippen LogP contribution >= 0.6 is 0 Å². The number of fused-ring (bicyclic) bond motifs is 2. The summed E-state index contributed by atoms with van der Waals surface area (Å²) in [6, 6.07) is 17.8. The summed E-state index contributed by atoms with van der Waals surface area (Å²) in [5, 5.41) is 3.81. The molecule has 3 aliphatic rings. The van der Waals surface area contributed by atoms with Gasteiger partial charge in [-0.05, 0) is 120 Å². The molecule has 1 heterocycles. The third-order valence-corrected chi connectivity index (χ3v) is 13.0. The lowest BCUT2D eigenvalue weighted by Crippen LogP contribution is -2.23. The van der Waals surface area contributed by atoms with E-state index in [0.717, 1.165) is 70.5 Å². The number of aryl methyl sites for hydroxylation is 4. The Morgan fingerprint density at radius 2 is 1.38 bits per heavy atom. The molecule has 58 heavy (non-hydrogen) atoms. The van der Waals surface area contributed by atoms with Crippen molar-refractivity contribution in [3.63, 3.8) is 0 Å². The van der Waals surface area contributed by atoms with Crippen LogP contribution in [0.2, 0.25) is 0 Å². The van der Waals surface area contributed by atoms with E-state index < -0.39 is 30.0 Å². The molecule has 7 rings (SSSR count). The van der Waals surface area contributed by atoms with Crippen LogP contribution in [0.25, 0.3) is 33.4 Å². The van der Waals surface area contributed by atoms with Crippen LogP contribution in [0, 0.1) is 47.5 Å². The van der Waals surface area contributed by atoms with Crippen LogP contribution < -0.4 is 20.1 Å². The molecular weight excluding hydrogens is 777 g/mol. The first kappa shape index (κ1) is 41.0. The smallest absolute Gasteiger partial charge is 0.296 e. The zero-order valence-corrected chi connectivity index (χ0v) is 35.5. The summed E-state index contributed by atoms with van der Waals surface area (Å²) in [6.45, 7) is 13.9. The fraction of sp³-hybridized carbons (Fsp3) is 0.311. The van der Waals surface area contributed by atoms with E-state index in [1.54, 1.807) is 31.4 Å². The first-order valence-electron chi connectivity index (χ1n) is 19.2. The fourth-order valence-corrected chi connectivity index (χ4v) is 9.76. The van der Waals surface area contributed by atoms with Gasteiger partial charge in [-0.25, -0.2) is 4.99 Å². The molecule has 0 unspecified atom stereocenters. The monoisotopic (exact) mass is 824 g/mol. The van der Waals surface area contributed by atoms with Gasteiger partial charge in [0.05, 0.1) is 24.3 Å². The van der Waals surface area contributed by atoms with Crippen molar-refractivity contribution in [3.8, 4) is 33.9 Å². The molecule has 0 atom stereocenters. The highest BCUT2D eigenvalue weighted by Crippen LogP contribution is 2.45. The van der Waals surface area contributed by atoms with Gasteiger partial charge in [0.25, 0.3) is 20.2 Å². The molecule has 3 N–H and O–H groups in total. The molecule has 0 spiro atoms. The highest BCUT2D eigenvalue weighted by molar-refractivity contribution is 7.86. The summed E-state index contributed by atoms with van der Waals surface area (Å²) in [6.07, 6.45) is 4.08. The highest BCUT2D eigenvalue weighted by Gasteiger charge is 2.28. The molecule has 1 saturated carbocycles. The number of hydrogen-bond donors (Lipinski definition) is 3. The van der Waals surface area contributed by atoms with Gasteiger partial charge in [0.15, 0.2) is 0 Å². The number of anilines is 2. The van der Waals surface area contributed by atoms with Crippen molar-refractivity contribution in [2.45, 2.75) is 90.0 Å². The van der Waals surface area contributed by atoms with E-state index in [9.17, 15) is 25.9 Å². The number of nitrogens with zero attached hydrogens (tertiary/aromatic N) is 1. The number of methoxy groups -OCH3 is 1. The van der Waals surface area contributed by atoms with E-state index in [0.29, 0.717) is 34.0 Å². The van der Waals surface area contributed by atoms with Crippen LogP contribution in [-0.4, -0.2) is 39.2 Å². The topological polar surface area (TPSA) is 165 Å². The molecule has 0 amide bonds. The minimum atomic E-state index is -4.92. The van der Waals surface area contributed by atoms with E-state index in [2.05, 4.69) is 12.2 Å². The summed E-state index contributed by atoms with van der Waals surface area (Å²) in [5.74, 6) is 2.24. The SMILES string of the molecule is COc1c(C)cc(C)c(Nc2ccc3c(-c4ccccc4S(=O)(=O)O)c4cc(S(=O)(=O)O)c(=Nc5c(C)cc(C)c(OC6CCC(C)CC6)c5C)cc-4oc3c2)c1C. The zero-order chi connectivity index (χ0) is 41.8. The van der Waals surface area contributed by atoms with Gasteiger partial charge in [0.1, 0.15) is 32.6 Å². The lowest BCUT2D eigenvalue weighted by molar-refractivity contribution is 0.134. The lowest BCUT2D eigenvalue weighted by Gasteiger charge is -2.28. The molecule has 2 aliphatic carbocycles. The van der Waals surface area contributed by atoms with Crippen molar-refractivity contribution in [1.82, 2.24) is 0 Å². The normalized spacial score (nSPS) is 16.6. The van der Waals surface area contributed by atoms with Gasteiger partial charge < -0.3 is 19.2 Å². The fourth-order valence-electron chi connectivity index (χ4n) is 8.43. The number of hydrogen-bond acceptors (Lipinski definition) is 9. The quantitative estimate of drug-likeness (QED) is 0.0944. The van der Waals surface area contributed by atoms with Crippen molar-refractivity contribution in [2.75, 3.05) is 12.4 Å². The number of benzene rings is 5. The standard InChI is InChI=1S/C45H48N2O9S2/c1-24-13-16-32(17-14-24)55-45-28(5)20-26(3)43(30(45)7)47-36-23-38-35(22-40(36)58(51,52)53)41(34-11-9-10-12-39(34)57(48,49)50)33-18-15-31(21-37(33)56-38)46-42-25(2)19-27(4)44(54-8)29(42)6/h9-12,15,18-24,32,46H,13-14,16-17H2,1-8H3,(H,48,49,50)(H,51,52,53). The minimum absolute atomic E-state index is 0.0505. The molecule has 0 radical (unpaired) electrons. The molecule has 0 aromatic heterocycles. The molecular formula is C45H48N2O9S2. The average Bonchev–Trinajstić information content (AvgIpc) is 3.15. The molecule has 0 bridgehead atoms. The van der Waals surface area contributed by atoms with Gasteiger partial charge in [0, 0.05) is 56.7 Å². The third-order valence-electron chi connectivity index (χ3n) is 11.2. The maximum Gasteiger partial charge on any atom is 0.296 e. The molecule has 13 heteroatoms. The predicted molar refractivity (Wildman–Crippen MR) is 226 cm³/mol. The Morgan fingerprint density at radius 3 is 2.05 bits per heavy atom. The lowest BCUT2D eigenvalue weighted by atomic mass is 9.89. The summed E-state index contributed by atoms with van der Waals surface area (Å²) in [5.41, 5.74) is 8.13. The number of ether oxygens (including phenoxy) is 2. The van der Waals surface area contributed by atoms with E-state index in [1.807, 2.05) is 53.7 Å². The van der Waals surface area contributed by atoms with Gasteiger partial charge in [0.2, 0.25) is 0 Å². The minimum Gasteiger partial charge on any atom is -0.496 e.